The Bertz CT molecular complexity index is 1170. The molecule has 7 nitrogen and oxygen atoms in total. The molecule has 0 saturated heterocycles. The van der Waals surface area contributed by atoms with Gasteiger partial charge in [0.1, 0.15) is 17.3 Å². The first-order valence-electron chi connectivity index (χ1n) is 13.7. The number of carboxylic acids is 1. The molecule has 2 bridgehead atoms. The van der Waals surface area contributed by atoms with Crippen LogP contribution in [0.25, 0.3) is 0 Å². The molecule has 0 radical (unpaired) electrons. The first-order valence-corrected chi connectivity index (χ1v) is 13.7. The standard InChI is InChI=1S/C29H38BFO7/c1-6-27(4)13-19(23(26(34)35)38-18-11-17-14-37-30(36)22(17)20(31)12-18)28(5)15(2)7-9-29(16(3)25(27)33)10-8-21(32)24(28)29/h6,11-12,15-16,19,23-25,33,36H,1,7-10,13-14H2,2-5H3,(H,34,35)/t15-,16+,19+,23?,24+,25+,27-,28-,29+/m1/s1. The maximum Gasteiger partial charge on any atom is 0.494 e. The molecule has 0 amide bonds. The van der Waals surface area contributed by atoms with E-state index in [9.17, 15) is 29.2 Å². The van der Waals surface area contributed by atoms with E-state index < -0.39 is 59.2 Å². The van der Waals surface area contributed by atoms with Gasteiger partial charge < -0.3 is 24.6 Å². The van der Waals surface area contributed by atoms with Crippen molar-refractivity contribution in [3.05, 3.63) is 36.2 Å². The number of aliphatic carboxylic acids is 1. The lowest BCUT2D eigenvalue weighted by Gasteiger charge is -2.63. The number of aliphatic hydroxyl groups excluding tert-OH is 1. The summed E-state index contributed by atoms with van der Waals surface area (Å²) in [7, 11) is -1.37. The van der Waals surface area contributed by atoms with Crippen molar-refractivity contribution in [2.75, 3.05) is 0 Å². The van der Waals surface area contributed by atoms with E-state index in [-0.39, 0.29) is 41.9 Å². The van der Waals surface area contributed by atoms with Crippen molar-refractivity contribution in [1.29, 1.82) is 0 Å². The Labute approximate surface area is 223 Å². The second-order valence-electron chi connectivity index (χ2n) is 12.7. The Hall–Kier alpha value is -2.23. The molecule has 5 rings (SSSR count). The zero-order chi connectivity index (χ0) is 27.8. The number of carbonyl (C=O) groups is 2. The number of carbonyl (C=O) groups excluding carboxylic acids is 1. The largest absolute Gasteiger partial charge is 0.494 e. The number of aliphatic hydroxyl groups is 1. The van der Waals surface area contributed by atoms with Gasteiger partial charge in [0, 0.05) is 35.2 Å². The van der Waals surface area contributed by atoms with Crippen LogP contribution >= 0.6 is 0 Å². The van der Waals surface area contributed by atoms with Crippen molar-refractivity contribution in [2.45, 2.75) is 78.6 Å². The molecule has 1 aliphatic heterocycles. The minimum Gasteiger partial charge on any atom is -0.478 e. The van der Waals surface area contributed by atoms with Crippen LogP contribution in [0.1, 0.15) is 65.4 Å². The molecule has 0 spiro atoms. The summed E-state index contributed by atoms with van der Waals surface area (Å²) >= 11 is 0. The molecule has 206 valence electrons. The minimum atomic E-state index is -1.41. The lowest BCUT2D eigenvalue weighted by molar-refractivity contribution is -0.193. The molecule has 1 unspecified atom stereocenters. The van der Waals surface area contributed by atoms with Gasteiger partial charge in [0.25, 0.3) is 0 Å². The minimum absolute atomic E-state index is 0.0156. The third-order valence-corrected chi connectivity index (χ3v) is 11.1. The number of Topliss-reactive ketones (excluding diaryl/α,β-unsaturated/α-hetero) is 1. The number of fused-ring (bicyclic) bond motifs is 1. The van der Waals surface area contributed by atoms with Gasteiger partial charge in [0.05, 0.1) is 12.7 Å². The van der Waals surface area contributed by atoms with E-state index in [2.05, 4.69) is 13.5 Å². The average Bonchev–Trinajstić information content (AvgIpc) is 3.43. The van der Waals surface area contributed by atoms with Gasteiger partial charge in [-0.2, -0.15) is 0 Å². The molecule has 9 heteroatoms. The van der Waals surface area contributed by atoms with E-state index in [1.807, 2.05) is 20.8 Å². The Kier molecular flexibility index (Phi) is 6.60. The highest BCUT2D eigenvalue weighted by atomic mass is 19.1. The monoisotopic (exact) mass is 528 g/mol. The van der Waals surface area contributed by atoms with Crippen LogP contribution in [0.4, 0.5) is 4.39 Å². The molecule has 3 fully saturated rings. The topological polar surface area (TPSA) is 113 Å². The first kappa shape index (κ1) is 27.3. The fraction of sp³-hybridized carbons (Fsp3) is 0.655. The van der Waals surface area contributed by atoms with Crippen LogP contribution in [0, 0.1) is 45.7 Å². The first-order chi connectivity index (χ1) is 17.8. The van der Waals surface area contributed by atoms with Crippen LogP contribution in [-0.4, -0.2) is 46.3 Å². The molecular weight excluding hydrogens is 490 g/mol. The van der Waals surface area contributed by atoms with E-state index in [0.717, 1.165) is 18.9 Å². The Balaban J connectivity index is 1.66. The smallest absolute Gasteiger partial charge is 0.478 e. The molecule has 9 atom stereocenters. The Morgan fingerprint density at radius 2 is 2.03 bits per heavy atom. The van der Waals surface area contributed by atoms with Gasteiger partial charge in [-0.3, -0.25) is 4.79 Å². The highest BCUT2D eigenvalue weighted by Gasteiger charge is 2.69. The predicted octanol–water partition coefficient (Wildman–Crippen LogP) is 3.49. The highest BCUT2D eigenvalue weighted by molar-refractivity contribution is 6.61. The van der Waals surface area contributed by atoms with E-state index in [0.29, 0.717) is 18.4 Å². The summed E-state index contributed by atoms with van der Waals surface area (Å²) < 4.78 is 26.2. The van der Waals surface area contributed by atoms with Gasteiger partial charge in [0.15, 0.2) is 6.10 Å². The molecule has 3 saturated carbocycles. The summed E-state index contributed by atoms with van der Waals surface area (Å²) in [5.74, 6) is -3.02. The zero-order valence-electron chi connectivity index (χ0n) is 22.6. The van der Waals surface area contributed by atoms with Crippen LogP contribution in [-0.2, 0) is 20.9 Å². The summed E-state index contributed by atoms with van der Waals surface area (Å²) in [6, 6.07) is 2.59. The molecule has 3 aliphatic carbocycles. The van der Waals surface area contributed by atoms with E-state index in [4.69, 9.17) is 9.39 Å². The molecule has 1 aromatic rings. The number of ketones is 1. The van der Waals surface area contributed by atoms with Crippen molar-refractivity contribution < 1.29 is 38.6 Å². The zero-order valence-corrected chi connectivity index (χ0v) is 22.6. The van der Waals surface area contributed by atoms with Gasteiger partial charge in [-0.15, -0.1) is 6.58 Å². The predicted molar refractivity (Wildman–Crippen MR) is 139 cm³/mol. The van der Waals surface area contributed by atoms with Gasteiger partial charge in [-0.05, 0) is 60.0 Å². The van der Waals surface area contributed by atoms with E-state index in [1.165, 1.54) is 6.07 Å². The Morgan fingerprint density at radius 1 is 1.32 bits per heavy atom. The fourth-order valence-electron chi connectivity index (χ4n) is 8.73. The van der Waals surface area contributed by atoms with Crippen LogP contribution in [0.15, 0.2) is 24.8 Å². The average molecular weight is 528 g/mol. The highest BCUT2D eigenvalue weighted by Crippen LogP contribution is 2.69. The fourth-order valence-corrected chi connectivity index (χ4v) is 8.73. The molecule has 3 N–H and O–H groups in total. The summed E-state index contributed by atoms with van der Waals surface area (Å²) in [6.45, 7) is 12.1. The third-order valence-electron chi connectivity index (χ3n) is 11.1. The van der Waals surface area contributed by atoms with Gasteiger partial charge in [-0.1, -0.05) is 33.8 Å². The number of hydrogen-bond donors (Lipinski definition) is 3. The number of ether oxygens (including phenoxy) is 1. The number of hydrogen-bond acceptors (Lipinski definition) is 6. The number of benzene rings is 1. The lowest BCUT2D eigenvalue weighted by Crippen LogP contribution is -2.63. The SMILES string of the molecule is C=C[C@]1(C)C[C@@H](C(Oc2cc(F)c3c(c2)COB3O)C(=O)O)[C@@]2(C)[C@H](C)CC[C@]3(CCC(=O)[C@H]32)[C@@H](C)[C@@H]1O. The Morgan fingerprint density at radius 3 is 2.68 bits per heavy atom. The van der Waals surface area contributed by atoms with Crippen LogP contribution in [0.3, 0.4) is 0 Å². The summed E-state index contributed by atoms with van der Waals surface area (Å²) in [4.78, 5) is 26.6. The summed E-state index contributed by atoms with van der Waals surface area (Å²) in [6.07, 6.45) is 2.44. The van der Waals surface area contributed by atoms with E-state index in [1.54, 1.807) is 6.08 Å². The maximum atomic E-state index is 14.9. The van der Waals surface area contributed by atoms with Crippen LogP contribution < -0.4 is 10.2 Å². The number of carboxylic acid groups (broad SMARTS) is 1. The van der Waals surface area contributed by atoms with Crippen molar-refractivity contribution in [1.82, 2.24) is 0 Å². The summed E-state index contributed by atoms with van der Waals surface area (Å²) in [5.41, 5.74) is -1.57. The normalized spacial score (nSPS) is 41.1. The van der Waals surface area contributed by atoms with Gasteiger partial charge in [0.2, 0.25) is 0 Å². The molecule has 38 heavy (non-hydrogen) atoms. The van der Waals surface area contributed by atoms with Gasteiger partial charge in [-0.25, -0.2) is 9.18 Å². The second kappa shape index (κ2) is 9.17. The lowest BCUT2D eigenvalue weighted by atomic mass is 9.41. The molecular formula is C29H38BFO7. The van der Waals surface area contributed by atoms with Crippen molar-refractivity contribution >= 4 is 24.3 Å². The third kappa shape index (κ3) is 3.72. The number of halogens is 1. The summed E-state index contributed by atoms with van der Waals surface area (Å²) in [5, 5.41) is 32.2. The van der Waals surface area contributed by atoms with Crippen molar-refractivity contribution in [3.8, 4) is 5.75 Å². The quantitative estimate of drug-likeness (QED) is 0.396. The van der Waals surface area contributed by atoms with Crippen LogP contribution in [0.2, 0.25) is 0 Å². The molecule has 0 aromatic heterocycles. The van der Waals surface area contributed by atoms with Crippen molar-refractivity contribution in [2.24, 2.45) is 39.9 Å². The maximum absolute atomic E-state index is 14.9. The number of rotatable bonds is 5. The molecule has 1 heterocycles. The molecule has 1 aromatic carbocycles. The molecule has 4 aliphatic rings. The van der Waals surface area contributed by atoms with Gasteiger partial charge >= 0.3 is 13.1 Å². The van der Waals surface area contributed by atoms with Crippen molar-refractivity contribution in [3.63, 3.8) is 0 Å². The van der Waals surface area contributed by atoms with Crippen LogP contribution in [0.5, 0.6) is 5.75 Å². The van der Waals surface area contributed by atoms with E-state index >= 15 is 0 Å². The second-order valence-corrected chi connectivity index (χ2v) is 12.7.